The summed E-state index contributed by atoms with van der Waals surface area (Å²) < 4.78 is 5.74. The van der Waals surface area contributed by atoms with Crippen molar-refractivity contribution >= 4 is 0 Å². The molecule has 0 spiro atoms. The molecule has 0 heterocycles. The Bertz CT molecular complexity index is 371. The van der Waals surface area contributed by atoms with Crippen LogP contribution in [-0.4, -0.2) is 11.7 Å². The van der Waals surface area contributed by atoms with E-state index in [1.54, 1.807) is 0 Å². The van der Waals surface area contributed by atoms with Crippen molar-refractivity contribution in [2.24, 2.45) is 5.92 Å². The summed E-state index contributed by atoms with van der Waals surface area (Å²) >= 11 is 0. The van der Waals surface area contributed by atoms with Gasteiger partial charge in [0.2, 0.25) is 0 Å². The molecular formula is C15H22O2. The lowest BCUT2D eigenvalue weighted by molar-refractivity contribution is 0.180. The summed E-state index contributed by atoms with van der Waals surface area (Å²) in [5.74, 6) is 1.69. The first kappa shape index (κ1) is 12.4. The summed E-state index contributed by atoms with van der Waals surface area (Å²) in [6.07, 6.45) is 3.88. The van der Waals surface area contributed by atoms with Crippen molar-refractivity contribution < 1.29 is 9.84 Å². The van der Waals surface area contributed by atoms with Crippen LogP contribution in [0.3, 0.4) is 0 Å². The monoisotopic (exact) mass is 234 g/mol. The Balaban J connectivity index is 1.86. The van der Waals surface area contributed by atoms with Crippen molar-refractivity contribution in [2.45, 2.75) is 45.6 Å². The number of aryl methyl sites for hydroxylation is 1. The first-order valence-electron chi connectivity index (χ1n) is 6.60. The predicted octanol–water partition coefficient (Wildman–Crippen LogP) is 3.48. The van der Waals surface area contributed by atoms with Crippen LogP contribution in [0.2, 0.25) is 0 Å². The van der Waals surface area contributed by atoms with Gasteiger partial charge in [0.1, 0.15) is 5.75 Å². The molecule has 1 aromatic carbocycles. The van der Waals surface area contributed by atoms with E-state index in [2.05, 4.69) is 19.9 Å². The molecule has 0 saturated carbocycles. The maximum Gasteiger partial charge on any atom is 0.119 e. The summed E-state index contributed by atoms with van der Waals surface area (Å²) in [6.45, 7) is 5.26. The average molecular weight is 234 g/mol. The third kappa shape index (κ3) is 3.22. The Hall–Kier alpha value is -1.02. The van der Waals surface area contributed by atoms with E-state index in [0.717, 1.165) is 43.1 Å². The number of aliphatic hydroxyl groups excluding tert-OH is 1. The molecule has 1 aliphatic carbocycles. The van der Waals surface area contributed by atoms with E-state index < -0.39 is 0 Å². The fourth-order valence-corrected chi connectivity index (χ4v) is 2.34. The number of aliphatic hydroxyl groups is 1. The van der Waals surface area contributed by atoms with Crippen molar-refractivity contribution in [3.05, 3.63) is 29.3 Å². The van der Waals surface area contributed by atoms with Gasteiger partial charge in [0.25, 0.3) is 0 Å². The maximum absolute atomic E-state index is 9.71. The van der Waals surface area contributed by atoms with Crippen molar-refractivity contribution in [1.29, 1.82) is 0 Å². The van der Waals surface area contributed by atoms with Crippen LogP contribution in [0, 0.1) is 5.92 Å². The number of ether oxygens (including phenoxy) is 1. The van der Waals surface area contributed by atoms with Crippen LogP contribution in [0.4, 0.5) is 0 Å². The Morgan fingerprint density at radius 3 is 3.00 bits per heavy atom. The molecule has 0 aliphatic heterocycles. The van der Waals surface area contributed by atoms with Crippen LogP contribution in [0.5, 0.6) is 5.75 Å². The molecule has 1 aromatic rings. The second-order valence-electron chi connectivity index (χ2n) is 5.30. The number of rotatable bonds is 5. The molecule has 0 unspecified atom stereocenters. The first-order valence-corrected chi connectivity index (χ1v) is 6.60. The molecule has 2 rings (SSSR count). The molecule has 0 aromatic heterocycles. The second-order valence-corrected chi connectivity index (χ2v) is 5.30. The zero-order chi connectivity index (χ0) is 12.3. The van der Waals surface area contributed by atoms with Gasteiger partial charge in [-0.05, 0) is 54.9 Å². The molecular weight excluding hydrogens is 212 g/mol. The molecule has 1 atom stereocenters. The van der Waals surface area contributed by atoms with E-state index >= 15 is 0 Å². The molecule has 0 saturated heterocycles. The fourth-order valence-electron chi connectivity index (χ4n) is 2.34. The summed E-state index contributed by atoms with van der Waals surface area (Å²) in [5.41, 5.74) is 2.33. The number of hydrogen-bond acceptors (Lipinski definition) is 2. The van der Waals surface area contributed by atoms with Gasteiger partial charge >= 0.3 is 0 Å². The molecule has 1 N–H and O–H groups in total. The number of benzene rings is 1. The molecule has 2 nitrogen and oxygen atoms in total. The third-order valence-corrected chi connectivity index (χ3v) is 3.36. The van der Waals surface area contributed by atoms with Crippen LogP contribution >= 0.6 is 0 Å². The lowest BCUT2D eigenvalue weighted by Crippen LogP contribution is -2.00. The van der Waals surface area contributed by atoms with Crippen LogP contribution < -0.4 is 4.74 Å². The lowest BCUT2D eigenvalue weighted by atomic mass is 10.1. The van der Waals surface area contributed by atoms with Gasteiger partial charge in [0, 0.05) is 0 Å². The van der Waals surface area contributed by atoms with Crippen LogP contribution in [0.1, 0.15) is 50.3 Å². The van der Waals surface area contributed by atoms with E-state index in [0.29, 0.717) is 0 Å². The van der Waals surface area contributed by atoms with Gasteiger partial charge in [0.15, 0.2) is 0 Å². The third-order valence-electron chi connectivity index (χ3n) is 3.36. The van der Waals surface area contributed by atoms with Gasteiger partial charge in [-0.25, -0.2) is 0 Å². The smallest absolute Gasteiger partial charge is 0.119 e. The van der Waals surface area contributed by atoms with Gasteiger partial charge < -0.3 is 9.84 Å². The van der Waals surface area contributed by atoms with Crippen molar-refractivity contribution in [2.75, 3.05) is 6.61 Å². The van der Waals surface area contributed by atoms with Crippen molar-refractivity contribution in [3.63, 3.8) is 0 Å². The SMILES string of the molecule is CC(C)CCCOc1ccc2c(c1)CC[C@H]2O. The summed E-state index contributed by atoms with van der Waals surface area (Å²) in [7, 11) is 0. The van der Waals surface area contributed by atoms with Crippen molar-refractivity contribution in [3.8, 4) is 5.75 Å². The minimum atomic E-state index is -0.264. The normalized spacial score (nSPS) is 18.5. The van der Waals surface area contributed by atoms with E-state index in [4.69, 9.17) is 4.74 Å². The largest absolute Gasteiger partial charge is 0.494 e. The number of hydrogen-bond donors (Lipinski definition) is 1. The van der Waals surface area contributed by atoms with Gasteiger partial charge in [-0.2, -0.15) is 0 Å². The quantitative estimate of drug-likeness (QED) is 0.790. The highest BCUT2D eigenvalue weighted by Crippen LogP contribution is 2.33. The highest BCUT2D eigenvalue weighted by atomic mass is 16.5. The maximum atomic E-state index is 9.71. The molecule has 0 radical (unpaired) electrons. The molecule has 2 heteroatoms. The van der Waals surface area contributed by atoms with Gasteiger partial charge in [-0.3, -0.25) is 0 Å². The topological polar surface area (TPSA) is 29.5 Å². The summed E-state index contributed by atoms with van der Waals surface area (Å²) in [6, 6.07) is 6.06. The minimum Gasteiger partial charge on any atom is -0.494 e. The van der Waals surface area contributed by atoms with E-state index in [1.807, 2.05) is 12.1 Å². The summed E-state index contributed by atoms with van der Waals surface area (Å²) in [5, 5.41) is 9.71. The van der Waals surface area contributed by atoms with Crippen molar-refractivity contribution in [1.82, 2.24) is 0 Å². The fraction of sp³-hybridized carbons (Fsp3) is 0.600. The minimum absolute atomic E-state index is 0.264. The highest BCUT2D eigenvalue weighted by Gasteiger charge is 2.20. The molecule has 94 valence electrons. The average Bonchev–Trinajstić information content (AvgIpc) is 2.66. The van der Waals surface area contributed by atoms with Crippen LogP contribution in [0.25, 0.3) is 0 Å². The Kier molecular flexibility index (Phi) is 4.06. The zero-order valence-corrected chi connectivity index (χ0v) is 10.8. The molecule has 0 fully saturated rings. The van der Waals surface area contributed by atoms with Gasteiger partial charge in [0.05, 0.1) is 12.7 Å². The Morgan fingerprint density at radius 2 is 2.24 bits per heavy atom. The Labute approximate surface area is 104 Å². The molecule has 17 heavy (non-hydrogen) atoms. The number of fused-ring (bicyclic) bond motifs is 1. The molecule has 0 bridgehead atoms. The first-order chi connectivity index (χ1) is 8.16. The lowest BCUT2D eigenvalue weighted by Gasteiger charge is -2.09. The summed E-state index contributed by atoms with van der Waals surface area (Å²) in [4.78, 5) is 0. The highest BCUT2D eigenvalue weighted by molar-refractivity contribution is 5.39. The predicted molar refractivity (Wildman–Crippen MR) is 69.3 cm³/mol. The zero-order valence-electron chi connectivity index (χ0n) is 10.8. The standard InChI is InChI=1S/C15H22O2/c1-11(2)4-3-9-17-13-6-7-14-12(10-13)5-8-15(14)16/h6-7,10-11,15-16H,3-5,8-9H2,1-2H3/t15-/m1/s1. The Morgan fingerprint density at radius 1 is 1.41 bits per heavy atom. The molecule has 1 aliphatic rings. The van der Waals surface area contributed by atoms with E-state index in [9.17, 15) is 5.11 Å². The molecule has 0 amide bonds. The second kappa shape index (κ2) is 5.54. The van der Waals surface area contributed by atoms with Gasteiger partial charge in [-0.15, -0.1) is 0 Å². The van der Waals surface area contributed by atoms with Crippen LogP contribution in [0.15, 0.2) is 18.2 Å². The van der Waals surface area contributed by atoms with Crippen LogP contribution in [-0.2, 0) is 6.42 Å². The van der Waals surface area contributed by atoms with Gasteiger partial charge in [-0.1, -0.05) is 19.9 Å². The van der Waals surface area contributed by atoms with E-state index in [-0.39, 0.29) is 6.10 Å². The van der Waals surface area contributed by atoms with E-state index in [1.165, 1.54) is 12.0 Å².